The minimum absolute atomic E-state index is 0.775. The summed E-state index contributed by atoms with van der Waals surface area (Å²) in [5, 5.41) is 0. The molecule has 0 spiro atoms. The van der Waals surface area contributed by atoms with Gasteiger partial charge in [0.05, 0.1) is 7.11 Å². The molecule has 0 aliphatic heterocycles. The zero-order chi connectivity index (χ0) is 11.5. The van der Waals surface area contributed by atoms with E-state index in [1.165, 1.54) is 5.56 Å². The minimum Gasteiger partial charge on any atom is -0.497 e. The Morgan fingerprint density at radius 1 is 1.31 bits per heavy atom. The summed E-state index contributed by atoms with van der Waals surface area (Å²) in [5.41, 5.74) is 1.18. The number of methoxy groups -OCH3 is 1. The Kier molecular flexibility index (Phi) is 3.10. The molecule has 0 saturated carbocycles. The first-order chi connectivity index (χ1) is 7.70. The maximum absolute atomic E-state index is 5.28. The van der Waals surface area contributed by atoms with Crippen LogP contribution in [-0.2, 0) is 13.6 Å². The van der Waals surface area contributed by atoms with Gasteiger partial charge in [0.25, 0.3) is 0 Å². The van der Waals surface area contributed by atoms with Crippen molar-refractivity contribution < 1.29 is 4.74 Å². The third-order valence-electron chi connectivity index (χ3n) is 2.50. The molecule has 0 bridgehead atoms. The maximum atomic E-state index is 5.28. The average Bonchev–Trinajstić information content (AvgIpc) is 2.61. The molecular weight excluding hydrogens is 220 g/mol. The van der Waals surface area contributed by atoms with E-state index in [1.54, 1.807) is 7.11 Å². The number of imidazole rings is 1. The van der Waals surface area contributed by atoms with E-state index in [4.69, 9.17) is 17.0 Å². The summed E-state index contributed by atoms with van der Waals surface area (Å²) in [6.45, 7) is 0.775. The normalized spacial score (nSPS) is 10.4. The summed E-state index contributed by atoms with van der Waals surface area (Å²) in [5.74, 6) is 0.875. The van der Waals surface area contributed by atoms with E-state index in [2.05, 4.69) is 6.07 Å². The molecule has 0 aliphatic rings. The molecule has 0 saturated heterocycles. The van der Waals surface area contributed by atoms with Crippen molar-refractivity contribution >= 4 is 12.2 Å². The first-order valence-electron chi connectivity index (χ1n) is 5.05. The molecule has 0 radical (unpaired) electrons. The second-order valence-electron chi connectivity index (χ2n) is 3.67. The zero-order valence-electron chi connectivity index (χ0n) is 9.38. The molecular formula is C12H14N2OS. The summed E-state index contributed by atoms with van der Waals surface area (Å²) in [6.07, 6.45) is 3.95. The smallest absolute Gasteiger partial charge is 0.179 e. The van der Waals surface area contributed by atoms with Gasteiger partial charge in [0.1, 0.15) is 5.75 Å². The molecule has 3 nitrogen and oxygen atoms in total. The number of rotatable bonds is 3. The van der Waals surface area contributed by atoms with Gasteiger partial charge >= 0.3 is 0 Å². The highest BCUT2D eigenvalue weighted by molar-refractivity contribution is 7.71. The van der Waals surface area contributed by atoms with Gasteiger partial charge in [0.2, 0.25) is 0 Å². The average molecular weight is 234 g/mol. The number of aryl methyl sites for hydroxylation is 1. The van der Waals surface area contributed by atoms with E-state index in [9.17, 15) is 0 Å². The van der Waals surface area contributed by atoms with Gasteiger partial charge in [-0.1, -0.05) is 12.1 Å². The number of aromatic nitrogens is 2. The van der Waals surface area contributed by atoms with Crippen molar-refractivity contribution in [2.24, 2.45) is 7.05 Å². The van der Waals surface area contributed by atoms with Crippen molar-refractivity contribution in [3.05, 3.63) is 47.0 Å². The summed E-state index contributed by atoms with van der Waals surface area (Å²) >= 11 is 5.28. The minimum atomic E-state index is 0.775. The number of hydrogen-bond donors (Lipinski definition) is 0. The Labute approximate surface area is 99.9 Å². The lowest BCUT2D eigenvalue weighted by Gasteiger charge is -2.05. The number of benzene rings is 1. The second-order valence-corrected chi connectivity index (χ2v) is 4.04. The molecule has 0 unspecified atom stereocenters. The summed E-state index contributed by atoms with van der Waals surface area (Å²) in [4.78, 5) is 0. The molecule has 0 amide bonds. The highest BCUT2D eigenvalue weighted by Gasteiger charge is 1.99. The third kappa shape index (κ3) is 2.17. The Morgan fingerprint density at radius 3 is 2.75 bits per heavy atom. The van der Waals surface area contributed by atoms with Gasteiger partial charge in [-0.25, -0.2) is 0 Å². The van der Waals surface area contributed by atoms with Crippen LogP contribution in [0.15, 0.2) is 36.7 Å². The summed E-state index contributed by atoms with van der Waals surface area (Å²) in [6, 6.07) is 8.01. The quantitative estimate of drug-likeness (QED) is 0.760. The van der Waals surface area contributed by atoms with Crippen LogP contribution in [0.3, 0.4) is 0 Å². The molecule has 2 rings (SSSR count). The monoisotopic (exact) mass is 234 g/mol. The number of ether oxygens (including phenoxy) is 1. The van der Waals surface area contributed by atoms with E-state index in [-0.39, 0.29) is 0 Å². The second kappa shape index (κ2) is 4.53. The highest BCUT2D eigenvalue weighted by Crippen LogP contribution is 2.13. The third-order valence-corrected chi connectivity index (χ3v) is 3.03. The lowest BCUT2D eigenvalue weighted by atomic mass is 10.2. The molecule has 1 heterocycles. The van der Waals surface area contributed by atoms with Crippen LogP contribution in [0.5, 0.6) is 5.75 Å². The van der Waals surface area contributed by atoms with Crippen molar-refractivity contribution in [3.8, 4) is 5.75 Å². The van der Waals surface area contributed by atoms with E-state index in [0.29, 0.717) is 0 Å². The van der Waals surface area contributed by atoms with Gasteiger partial charge in [0, 0.05) is 26.0 Å². The van der Waals surface area contributed by atoms with Gasteiger partial charge < -0.3 is 13.9 Å². The van der Waals surface area contributed by atoms with E-state index >= 15 is 0 Å². The topological polar surface area (TPSA) is 19.1 Å². The fraction of sp³-hybridized carbons (Fsp3) is 0.250. The van der Waals surface area contributed by atoms with Gasteiger partial charge in [0.15, 0.2) is 4.77 Å². The first kappa shape index (κ1) is 11.0. The van der Waals surface area contributed by atoms with Crippen LogP contribution in [0.25, 0.3) is 0 Å². The van der Waals surface area contributed by atoms with Gasteiger partial charge in [-0.2, -0.15) is 0 Å². The lowest BCUT2D eigenvalue weighted by Crippen LogP contribution is -2.00. The van der Waals surface area contributed by atoms with Gasteiger partial charge in [-0.15, -0.1) is 0 Å². The van der Waals surface area contributed by atoms with Crippen LogP contribution in [0.4, 0.5) is 0 Å². The van der Waals surface area contributed by atoms with E-state index in [0.717, 1.165) is 17.1 Å². The standard InChI is InChI=1S/C12H14N2OS/c1-13-6-7-14(12(13)16)9-10-4-3-5-11(8-10)15-2/h3-8H,9H2,1-2H3. The molecule has 84 valence electrons. The van der Waals surface area contributed by atoms with Gasteiger partial charge in [-0.3, -0.25) is 0 Å². The van der Waals surface area contributed by atoms with Crippen molar-refractivity contribution in [3.63, 3.8) is 0 Å². The van der Waals surface area contributed by atoms with Crippen molar-refractivity contribution in [1.29, 1.82) is 0 Å². The fourth-order valence-corrected chi connectivity index (χ4v) is 1.78. The SMILES string of the molecule is COc1cccc(Cn2ccn(C)c2=S)c1. The molecule has 1 aromatic heterocycles. The maximum Gasteiger partial charge on any atom is 0.179 e. The fourth-order valence-electron chi connectivity index (χ4n) is 1.60. The van der Waals surface area contributed by atoms with Crippen LogP contribution in [0.2, 0.25) is 0 Å². The van der Waals surface area contributed by atoms with Crippen molar-refractivity contribution in [1.82, 2.24) is 9.13 Å². The Hall–Kier alpha value is -1.55. The largest absolute Gasteiger partial charge is 0.497 e. The lowest BCUT2D eigenvalue weighted by molar-refractivity contribution is 0.414. The van der Waals surface area contributed by atoms with E-state index in [1.807, 2.05) is 46.8 Å². The molecule has 0 atom stereocenters. The van der Waals surface area contributed by atoms with Crippen LogP contribution in [0.1, 0.15) is 5.56 Å². The first-order valence-corrected chi connectivity index (χ1v) is 5.46. The number of hydrogen-bond acceptors (Lipinski definition) is 2. The summed E-state index contributed by atoms with van der Waals surface area (Å²) < 4.78 is 9.97. The highest BCUT2D eigenvalue weighted by atomic mass is 32.1. The van der Waals surface area contributed by atoms with Crippen LogP contribution in [0, 0.1) is 4.77 Å². The number of nitrogens with zero attached hydrogens (tertiary/aromatic N) is 2. The molecule has 4 heteroatoms. The Bertz CT molecular complexity index is 542. The van der Waals surface area contributed by atoms with Crippen LogP contribution < -0.4 is 4.74 Å². The van der Waals surface area contributed by atoms with Gasteiger partial charge in [-0.05, 0) is 29.9 Å². The molecule has 0 aliphatic carbocycles. The zero-order valence-corrected chi connectivity index (χ0v) is 10.2. The Balaban J connectivity index is 2.27. The molecule has 1 aromatic carbocycles. The predicted molar refractivity (Wildman–Crippen MR) is 66.3 cm³/mol. The molecule has 16 heavy (non-hydrogen) atoms. The molecule has 0 N–H and O–H groups in total. The molecule has 0 fully saturated rings. The van der Waals surface area contributed by atoms with Crippen molar-refractivity contribution in [2.75, 3.05) is 7.11 Å². The predicted octanol–water partition coefficient (Wildman–Crippen LogP) is 2.61. The molecule has 2 aromatic rings. The van der Waals surface area contributed by atoms with Crippen molar-refractivity contribution in [2.45, 2.75) is 6.54 Å². The van der Waals surface area contributed by atoms with Crippen LogP contribution >= 0.6 is 12.2 Å². The summed E-state index contributed by atoms with van der Waals surface area (Å²) in [7, 11) is 3.62. The van der Waals surface area contributed by atoms with Crippen LogP contribution in [-0.4, -0.2) is 16.2 Å². The van der Waals surface area contributed by atoms with E-state index < -0.39 is 0 Å². The Morgan fingerprint density at radius 2 is 2.12 bits per heavy atom.